The molecule has 1 aromatic heterocycles. The molecule has 21 heavy (non-hydrogen) atoms. The fraction of sp³-hybridized carbons (Fsp3) is 0.389. The van der Waals surface area contributed by atoms with Crippen molar-refractivity contribution in [2.45, 2.75) is 32.4 Å². The molecule has 2 rings (SSSR count). The molecule has 0 saturated carbocycles. The van der Waals surface area contributed by atoms with E-state index in [-0.39, 0.29) is 0 Å². The van der Waals surface area contributed by atoms with Gasteiger partial charge in [0.05, 0.1) is 5.69 Å². The largest absolute Gasteiger partial charge is 0.329 e. The number of likely N-dealkylation sites (N-methyl/N-ethyl adjacent to an activating group) is 1. The molecule has 0 spiro atoms. The standard InChI is InChI=1S/C18H25N3/c1-15-7-6-10-17(20-15)14-21(2)18(13-19)12-11-16-8-4-3-5-9-16/h3-10,18H,11-14,19H2,1-2H3. The van der Waals surface area contributed by atoms with Crippen molar-refractivity contribution in [3.05, 3.63) is 65.5 Å². The van der Waals surface area contributed by atoms with E-state index >= 15 is 0 Å². The Morgan fingerprint density at radius 3 is 2.52 bits per heavy atom. The molecular weight excluding hydrogens is 258 g/mol. The maximum absolute atomic E-state index is 5.96. The molecule has 2 N–H and O–H groups in total. The van der Waals surface area contributed by atoms with Crippen molar-refractivity contribution in [2.24, 2.45) is 5.73 Å². The summed E-state index contributed by atoms with van der Waals surface area (Å²) in [7, 11) is 2.13. The maximum atomic E-state index is 5.96. The molecule has 0 saturated heterocycles. The Labute approximate surface area is 127 Å². The van der Waals surface area contributed by atoms with Crippen LogP contribution in [0.15, 0.2) is 48.5 Å². The second-order valence-electron chi connectivity index (χ2n) is 5.60. The summed E-state index contributed by atoms with van der Waals surface area (Å²) in [5, 5.41) is 0. The van der Waals surface area contributed by atoms with Crippen molar-refractivity contribution in [3.63, 3.8) is 0 Å². The van der Waals surface area contributed by atoms with Gasteiger partial charge in [0.15, 0.2) is 0 Å². The molecule has 2 aromatic rings. The fourth-order valence-corrected chi connectivity index (χ4v) is 2.57. The van der Waals surface area contributed by atoms with Gasteiger partial charge < -0.3 is 5.73 Å². The lowest BCUT2D eigenvalue weighted by molar-refractivity contribution is 0.225. The van der Waals surface area contributed by atoms with E-state index in [0.717, 1.165) is 30.8 Å². The Bertz CT molecular complexity index is 539. The summed E-state index contributed by atoms with van der Waals surface area (Å²) in [4.78, 5) is 6.88. The molecule has 3 heteroatoms. The van der Waals surface area contributed by atoms with E-state index in [0.29, 0.717) is 12.6 Å². The third-order valence-electron chi connectivity index (χ3n) is 3.86. The molecule has 0 amide bonds. The third kappa shape index (κ3) is 4.96. The molecule has 0 bridgehead atoms. The van der Waals surface area contributed by atoms with Crippen molar-refractivity contribution < 1.29 is 0 Å². The van der Waals surface area contributed by atoms with Gasteiger partial charge in [0, 0.05) is 24.8 Å². The summed E-state index contributed by atoms with van der Waals surface area (Å²) in [6.07, 6.45) is 2.14. The number of rotatable bonds is 7. The molecule has 0 aliphatic carbocycles. The summed E-state index contributed by atoms with van der Waals surface area (Å²) in [5.74, 6) is 0. The van der Waals surface area contributed by atoms with E-state index in [1.165, 1.54) is 5.56 Å². The van der Waals surface area contributed by atoms with Gasteiger partial charge in [-0.15, -0.1) is 0 Å². The highest BCUT2D eigenvalue weighted by Crippen LogP contribution is 2.11. The van der Waals surface area contributed by atoms with Gasteiger partial charge in [0.2, 0.25) is 0 Å². The number of pyridine rings is 1. The Kier molecular flexibility index (Phi) is 5.90. The fourth-order valence-electron chi connectivity index (χ4n) is 2.57. The molecule has 0 radical (unpaired) electrons. The van der Waals surface area contributed by atoms with Crippen molar-refractivity contribution in [3.8, 4) is 0 Å². The summed E-state index contributed by atoms with van der Waals surface area (Å²) < 4.78 is 0. The van der Waals surface area contributed by atoms with Crippen LogP contribution in [0.2, 0.25) is 0 Å². The minimum absolute atomic E-state index is 0.382. The van der Waals surface area contributed by atoms with Gasteiger partial charge in [0.1, 0.15) is 0 Å². The lowest BCUT2D eigenvalue weighted by Crippen LogP contribution is -2.38. The Morgan fingerprint density at radius 1 is 1.10 bits per heavy atom. The van der Waals surface area contributed by atoms with Gasteiger partial charge in [0.25, 0.3) is 0 Å². The zero-order chi connectivity index (χ0) is 15.1. The van der Waals surface area contributed by atoms with E-state index in [1.54, 1.807) is 0 Å². The lowest BCUT2D eigenvalue weighted by atomic mass is 10.0. The van der Waals surface area contributed by atoms with E-state index in [9.17, 15) is 0 Å². The molecule has 1 atom stereocenters. The van der Waals surface area contributed by atoms with Crippen LogP contribution in [0.4, 0.5) is 0 Å². The summed E-state index contributed by atoms with van der Waals surface area (Å²) >= 11 is 0. The highest BCUT2D eigenvalue weighted by Gasteiger charge is 2.14. The van der Waals surface area contributed by atoms with Crippen LogP contribution in [0.1, 0.15) is 23.4 Å². The minimum atomic E-state index is 0.382. The number of nitrogens with two attached hydrogens (primary N) is 1. The molecular formula is C18H25N3. The van der Waals surface area contributed by atoms with Crippen LogP contribution < -0.4 is 5.73 Å². The average molecular weight is 283 g/mol. The van der Waals surface area contributed by atoms with Crippen LogP contribution in [-0.4, -0.2) is 29.5 Å². The van der Waals surface area contributed by atoms with Gasteiger partial charge in [-0.05, 0) is 44.5 Å². The van der Waals surface area contributed by atoms with Crippen molar-refractivity contribution in [2.75, 3.05) is 13.6 Å². The molecule has 0 aliphatic rings. The minimum Gasteiger partial charge on any atom is -0.329 e. The Balaban J connectivity index is 1.90. The highest BCUT2D eigenvalue weighted by atomic mass is 15.1. The smallest absolute Gasteiger partial charge is 0.0547 e. The lowest BCUT2D eigenvalue weighted by Gasteiger charge is -2.26. The van der Waals surface area contributed by atoms with E-state index < -0.39 is 0 Å². The number of hydrogen-bond donors (Lipinski definition) is 1. The first kappa shape index (κ1) is 15.7. The molecule has 1 aromatic carbocycles. The predicted molar refractivity (Wildman–Crippen MR) is 88.0 cm³/mol. The Morgan fingerprint density at radius 2 is 1.86 bits per heavy atom. The topological polar surface area (TPSA) is 42.1 Å². The maximum Gasteiger partial charge on any atom is 0.0547 e. The van der Waals surface area contributed by atoms with Crippen molar-refractivity contribution >= 4 is 0 Å². The quantitative estimate of drug-likeness (QED) is 0.849. The first-order chi connectivity index (χ1) is 10.2. The molecule has 0 fully saturated rings. The second-order valence-corrected chi connectivity index (χ2v) is 5.60. The molecule has 3 nitrogen and oxygen atoms in total. The first-order valence-corrected chi connectivity index (χ1v) is 7.56. The van der Waals surface area contributed by atoms with Crippen LogP contribution in [0, 0.1) is 6.92 Å². The SMILES string of the molecule is Cc1cccc(CN(C)C(CN)CCc2ccccc2)n1. The van der Waals surface area contributed by atoms with Gasteiger partial charge in [-0.25, -0.2) is 0 Å². The summed E-state index contributed by atoms with van der Waals surface area (Å²) in [6, 6.07) is 17.1. The van der Waals surface area contributed by atoms with Gasteiger partial charge in [-0.1, -0.05) is 36.4 Å². The van der Waals surface area contributed by atoms with Gasteiger partial charge in [-0.3, -0.25) is 9.88 Å². The summed E-state index contributed by atoms with van der Waals surface area (Å²) in [5.41, 5.74) is 9.50. The normalized spacial score (nSPS) is 12.6. The van der Waals surface area contributed by atoms with E-state index in [4.69, 9.17) is 5.73 Å². The number of benzene rings is 1. The number of hydrogen-bond acceptors (Lipinski definition) is 3. The Hall–Kier alpha value is -1.71. The predicted octanol–water partition coefficient (Wildman–Crippen LogP) is 2.78. The first-order valence-electron chi connectivity index (χ1n) is 7.56. The second kappa shape index (κ2) is 7.91. The van der Waals surface area contributed by atoms with Crippen LogP contribution in [-0.2, 0) is 13.0 Å². The van der Waals surface area contributed by atoms with E-state index in [2.05, 4.69) is 59.4 Å². The van der Waals surface area contributed by atoms with Gasteiger partial charge >= 0.3 is 0 Å². The third-order valence-corrected chi connectivity index (χ3v) is 3.86. The van der Waals surface area contributed by atoms with Gasteiger partial charge in [-0.2, -0.15) is 0 Å². The number of aromatic nitrogens is 1. The molecule has 0 aliphatic heterocycles. The summed E-state index contributed by atoms with van der Waals surface area (Å²) in [6.45, 7) is 3.55. The monoisotopic (exact) mass is 283 g/mol. The van der Waals surface area contributed by atoms with Crippen LogP contribution in [0.25, 0.3) is 0 Å². The average Bonchev–Trinajstić information content (AvgIpc) is 2.49. The number of nitrogens with zero attached hydrogens (tertiary/aromatic N) is 2. The molecule has 1 heterocycles. The number of aryl methyl sites for hydroxylation is 2. The van der Waals surface area contributed by atoms with Crippen LogP contribution in [0.3, 0.4) is 0 Å². The van der Waals surface area contributed by atoms with Crippen LogP contribution in [0.5, 0.6) is 0 Å². The zero-order valence-electron chi connectivity index (χ0n) is 13.0. The molecule has 1 unspecified atom stereocenters. The zero-order valence-corrected chi connectivity index (χ0v) is 13.0. The highest BCUT2D eigenvalue weighted by molar-refractivity contribution is 5.15. The van der Waals surface area contributed by atoms with E-state index in [1.807, 2.05) is 13.0 Å². The van der Waals surface area contributed by atoms with Crippen molar-refractivity contribution in [1.29, 1.82) is 0 Å². The molecule has 112 valence electrons. The van der Waals surface area contributed by atoms with Crippen molar-refractivity contribution in [1.82, 2.24) is 9.88 Å². The van der Waals surface area contributed by atoms with Crippen LogP contribution >= 0.6 is 0 Å².